The molecule has 2 rings (SSSR count). The summed E-state index contributed by atoms with van der Waals surface area (Å²) in [6.45, 7) is 0.604. The molecule has 0 radical (unpaired) electrons. The minimum atomic E-state index is -0.617. The van der Waals surface area contributed by atoms with Gasteiger partial charge in [-0.25, -0.2) is 0 Å². The van der Waals surface area contributed by atoms with Crippen LogP contribution in [0.4, 0.5) is 5.69 Å². The molecule has 1 atom stereocenters. The van der Waals surface area contributed by atoms with E-state index in [4.69, 9.17) is 9.47 Å². The van der Waals surface area contributed by atoms with E-state index in [0.717, 1.165) is 21.7 Å². The van der Waals surface area contributed by atoms with E-state index in [1.165, 1.54) is 0 Å². The number of hydrogen-bond donors (Lipinski definition) is 2. The first-order valence-corrected chi connectivity index (χ1v) is 7.41. The highest BCUT2D eigenvalue weighted by Crippen LogP contribution is 2.27. The second kappa shape index (κ2) is 7.90. The Balaban J connectivity index is 1.84. The monoisotopic (exact) mass is 351 g/mol. The third-order valence-corrected chi connectivity index (χ3v) is 3.37. The molecule has 2 aromatic rings. The zero-order chi connectivity index (χ0) is 15.1. The number of para-hydroxylation sites is 1. The fourth-order valence-corrected chi connectivity index (χ4v) is 2.18. The van der Waals surface area contributed by atoms with Crippen LogP contribution in [0.3, 0.4) is 0 Å². The first-order valence-electron chi connectivity index (χ1n) is 6.62. The van der Waals surface area contributed by atoms with E-state index >= 15 is 0 Å². The summed E-state index contributed by atoms with van der Waals surface area (Å²) in [5.74, 6) is 1.48. The van der Waals surface area contributed by atoms with Crippen molar-refractivity contribution in [3.8, 4) is 11.5 Å². The Morgan fingerprint density at radius 2 is 1.95 bits per heavy atom. The second-order valence-corrected chi connectivity index (χ2v) is 5.42. The largest absolute Gasteiger partial charge is 0.495 e. The van der Waals surface area contributed by atoms with Crippen LogP contribution in [0.5, 0.6) is 11.5 Å². The topological polar surface area (TPSA) is 50.7 Å². The Labute approximate surface area is 132 Å². The summed E-state index contributed by atoms with van der Waals surface area (Å²) in [5.41, 5.74) is 0.825. The van der Waals surface area contributed by atoms with Crippen molar-refractivity contribution in [2.45, 2.75) is 6.10 Å². The van der Waals surface area contributed by atoms with Crippen molar-refractivity contribution in [3.63, 3.8) is 0 Å². The number of hydrogen-bond acceptors (Lipinski definition) is 4. The van der Waals surface area contributed by atoms with Crippen LogP contribution in [0.1, 0.15) is 0 Å². The van der Waals surface area contributed by atoms with Gasteiger partial charge in [0.1, 0.15) is 24.2 Å². The molecule has 1 unspecified atom stereocenters. The Kier molecular flexibility index (Phi) is 5.90. The zero-order valence-corrected chi connectivity index (χ0v) is 13.3. The Bertz CT molecular complexity index is 563. The van der Waals surface area contributed by atoms with Crippen LogP contribution in [-0.4, -0.2) is 31.5 Å². The van der Waals surface area contributed by atoms with Gasteiger partial charge in [-0.2, -0.15) is 0 Å². The third kappa shape index (κ3) is 4.95. The van der Waals surface area contributed by atoms with Crippen molar-refractivity contribution in [3.05, 3.63) is 53.0 Å². The van der Waals surface area contributed by atoms with Gasteiger partial charge < -0.3 is 19.9 Å². The highest BCUT2D eigenvalue weighted by atomic mass is 79.9. The predicted molar refractivity (Wildman–Crippen MR) is 87.1 cm³/mol. The summed E-state index contributed by atoms with van der Waals surface area (Å²) < 4.78 is 11.7. The fourth-order valence-electron chi connectivity index (χ4n) is 1.81. The van der Waals surface area contributed by atoms with Gasteiger partial charge in [-0.3, -0.25) is 0 Å². The number of methoxy groups -OCH3 is 1. The van der Waals surface area contributed by atoms with Crippen molar-refractivity contribution in [2.75, 3.05) is 25.6 Å². The van der Waals surface area contributed by atoms with Gasteiger partial charge in [0.05, 0.1) is 12.8 Å². The molecule has 4 nitrogen and oxygen atoms in total. The SMILES string of the molecule is COc1ccc(Br)cc1NCC(O)COc1ccccc1. The van der Waals surface area contributed by atoms with Gasteiger partial charge in [0.25, 0.3) is 0 Å². The fraction of sp³-hybridized carbons (Fsp3) is 0.250. The van der Waals surface area contributed by atoms with Crippen LogP contribution >= 0.6 is 15.9 Å². The molecule has 0 aliphatic heterocycles. The highest BCUT2D eigenvalue weighted by molar-refractivity contribution is 9.10. The molecule has 5 heteroatoms. The molecule has 0 spiro atoms. The predicted octanol–water partition coefficient (Wildman–Crippen LogP) is 3.31. The van der Waals surface area contributed by atoms with Crippen LogP contribution in [0, 0.1) is 0 Å². The number of ether oxygens (including phenoxy) is 2. The summed E-state index contributed by atoms with van der Waals surface area (Å²) >= 11 is 3.41. The lowest BCUT2D eigenvalue weighted by Crippen LogP contribution is -2.26. The molecule has 21 heavy (non-hydrogen) atoms. The van der Waals surface area contributed by atoms with E-state index in [0.29, 0.717) is 6.54 Å². The lowest BCUT2D eigenvalue weighted by molar-refractivity contribution is 0.117. The summed E-state index contributed by atoms with van der Waals surface area (Å²) in [7, 11) is 1.61. The van der Waals surface area contributed by atoms with Gasteiger partial charge >= 0.3 is 0 Å². The van der Waals surface area contributed by atoms with Crippen molar-refractivity contribution < 1.29 is 14.6 Å². The number of benzene rings is 2. The van der Waals surface area contributed by atoms with Crippen molar-refractivity contribution in [1.82, 2.24) is 0 Å². The second-order valence-electron chi connectivity index (χ2n) is 4.50. The van der Waals surface area contributed by atoms with Crippen molar-refractivity contribution in [1.29, 1.82) is 0 Å². The lowest BCUT2D eigenvalue weighted by Gasteiger charge is -2.16. The number of halogens is 1. The Morgan fingerprint density at radius 3 is 2.67 bits per heavy atom. The summed E-state index contributed by atoms with van der Waals surface area (Å²) in [6, 6.07) is 15.1. The lowest BCUT2D eigenvalue weighted by atomic mass is 10.2. The number of aliphatic hydroxyl groups is 1. The molecule has 0 aromatic heterocycles. The molecule has 112 valence electrons. The molecule has 0 amide bonds. The zero-order valence-electron chi connectivity index (χ0n) is 11.8. The van der Waals surface area contributed by atoms with Gasteiger partial charge in [0.15, 0.2) is 0 Å². The van der Waals surface area contributed by atoms with Gasteiger partial charge in [-0.1, -0.05) is 34.1 Å². The number of aliphatic hydroxyl groups excluding tert-OH is 1. The number of nitrogens with one attached hydrogen (secondary N) is 1. The van der Waals surface area contributed by atoms with E-state index in [1.54, 1.807) is 7.11 Å². The van der Waals surface area contributed by atoms with Gasteiger partial charge in [0.2, 0.25) is 0 Å². The van der Waals surface area contributed by atoms with Gasteiger partial charge in [0, 0.05) is 11.0 Å². The van der Waals surface area contributed by atoms with E-state index in [1.807, 2.05) is 48.5 Å². The average molecular weight is 352 g/mol. The first kappa shape index (κ1) is 15.7. The van der Waals surface area contributed by atoms with Gasteiger partial charge in [-0.05, 0) is 30.3 Å². The first-order chi connectivity index (χ1) is 10.2. The van der Waals surface area contributed by atoms with Crippen molar-refractivity contribution in [2.24, 2.45) is 0 Å². The molecular weight excluding hydrogens is 334 g/mol. The van der Waals surface area contributed by atoms with E-state index in [9.17, 15) is 5.11 Å². The maximum absolute atomic E-state index is 9.96. The smallest absolute Gasteiger partial charge is 0.142 e. The molecule has 0 saturated heterocycles. The molecule has 0 aliphatic carbocycles. The van der Waals surface area contributed by atoms with Crippen LogP contribution < -0.4 is 14.8 Å². The molecule has 0 aliphatic rings. The highest BCUT2D eigenvalue weighted by Gasteiger charge is 2.08. The minimum absolute atomic E-state index is 0.229. The maximum atomic E-state index is 9.96. The van der Waals surface area contributed by atoms with Gasteiger partial charge in [-0.15, -0.1) is 0 Å². The number of anilines is 1. The summed E-state index contributed by atoms with van der Waals surface area (Å²) in [5, 5.41) is 13.1. The molecule has 0 fully saturated rings. The maximum Gasteiger partial charge on any atom is 0.142 e. The minimum Gasteiger partial charge on any atom is -0.495 e. The molecule has 2 aromatic carbocycles. The molecule has 2 N–H and O–H groups in total. The van der Waals surface area contributed by atoms with E-state index in [-0.39, 0.29) is 6.61 Å². The van der Waals surface area contributed by atoms with E-state index in [2.05, 4.69) is 21.2 Å². The Morgan fingerprint density at radius 1 is 1.19 bits per heavy atom. The normalized spacial score (nSPS) is 11.8. The molecular formula is C16H18BrNO3. The van der Waals surface area contributed by atoms with Crippen LogP contribution in [0.2, 0.25) is 0 Å². The van der Waals surface area contributed by atoms with Crippen LogP contribution in [0.15, 0.2) is 53.0 Å². The quantitative estimate of drug-likeness (QED) is 0.803. The van der Waals surface area contributed by atoms with Crippen LogP contribution in [-0.2, 0) is 0 Å². The third-order valence-electron chi connectivity index (χ3n) is 2.88. The summed E-state index contributed by atoms with van der Waals surface area (Å²) in [4.78, 5) is 0. The van der Waals surface area contributed by atoms with Crippen molar-refractivity contribution >= 4 is 21.6 Å². The standard InChI is InChI=1S/C16H18BrNO3/c1-20-16-8-7-12(17)9-15(16)18-10-13(19)11-21-14-5-3-2-4-6-14/h2-9,13,18-19H,10-11H2,1H3. The molecule has 0 saturated carbocycles. The van der Waals surface area contributed by atoms with E-state index < -0.39 is 6.10 Å². The molecule has 0 bridgehead atoms. The van der Waals surface area contributed by atoms with Crippen LogP contribution in [0.25, 0.3) is 0 Å². The molecule has 0 heterocycles. The Hall–Kier alpha value is -1.72. The summed E-state index contributed by atoms with van der Waals surface area (Å²) in [6.07, 6.45) is -0.617. The number of rotatable bonds is 7. The average Bonchev–Trinajstić information content (AvgIpc) is 2.52.